The van der Waals surface area contributed by atoms with Crippen LogP contribution in [0.25, 0.3) is 0 Å². The van der Waals surface area contributed by atoms with Gasteiger partial charge in [0.1, 0.15) is 11.5 Å². The summed E-state index contributed by atoms with van der Waals surface area (Å²) in [5, 5.41) is 10.9. The van der Waals surface area contributed by atoms with Crippen molar-refractivity contribution in [1.29, 1.82) is 0 Å². The largest absolute Gasteiger partial charge is 0.381 e. The summed E-state index contributed by atoms with van der Waals surface area (Å²) in [6.45, 7) is 4.30. The van der Waals surface area contributed by atoms with Gasteiger partial charge in [-0.05, 0) is 32.3 Å². The molecule has 2 heterocycles. The SMILES string of the molecule is Cc1nc(N(CC2CCOC2)C2CC2)ccc1[N+](=O)[O-]. The van der Waals surface area contributed by atoms with Crippen LogP contribution >= 0.6 is 0 Å². The number of nitrogens with zero attached hydrogens (tertiary/aromatic N) is 3. The van der Waals surface area contributed by atoms with Gasteiger partial charge < -0.3 is 9.64 Å². The van der Waals surface area contributed by atoms with Gasteiger partial charge in [0.05, 0.1) is 11.5 Å². The Morgan fingerprint density at radius 2 is 2.25 bits per heavy atom. The third-order valence-corrected chi connectivity index (χ3v) is 4.00. The fourth-order valence-electron chi connectivity index (χ4n) is 2.71. The van der Waals surface area contributed by atoms with Crippen molar-refractivity contribution in [3.63, 3.8) is 0 Å². The second-order valence-electron chi connectivity index (χ2n) is 5.64. The zero-order valence-electron chi connectivity index (χ0n) is 11.6. The molecule has 0 N–H and O–H groups in total. The minimum absolute atomic E-state index is 0.0914. The molecule has 1 saturated carbocycles. The highest BCUT2D eigenvalue weighted by atomic mass is 16.6. The van der Waals surface area contributed by atoms with E-state index in [2.05, 4.69) is 9.88 Å². The van der Waals surface area contributed by atoms with Gasteiger partial charge in [0.15, 0.2) is 0 Å². The van der Waals surface area contributed by atoms with E-state index in [9.17, 15) is 10.1 Å². The third kappa shape index (κ3) is 2.75. The normalized spacial score (nSPS) is 21.9. The molecule has 0 aromatic carbocycles. The quantitative estimate of drug-likeness (QED) is 0.610. The first-order valence-corrected chi connectivity index (χ1v) is 7.11. The summed E-state index contributed by atoms with van der Waals surface area (Å²) in [5.41, 5.74) is 0.578. The lowest BCUT2D eigenvalue weighted by Gasteiger charge is -2.26. The van der Waals surface area contributed by atoms with E-state index in [1.807, 2.05) is 0 Å². The summed E-state index contributed by atoms with van der Waals surface area (Å²) in [7, 11) is 0. The zero-order valence-corrected chi connectivity index (χ0v) is 11.6. The number of aromatic nitrogens is 1. The molecule has 1 atom stereocenters. The number of aryl methyl sites for hydroxylation is 1. The van der Waals surface area contributed by atoms with Crippen LogP contribution in [-0.4, -0.2) is 35.7 Å². The Labute approximate surface area is 117 Å². The highest BCUT2D eigenvalue weighted by Crippen LogP contribution is 2.33. The highest BCUT2D eigenvalue weighted by Gasteiger charge is 2.33. The first-order chi connectivity index (χ1) is 9.65. The van der Waals surface area contributed by atoms with E-state index in [-0.39, 0.29) is 10.6 Å². The topological polar surface area (TPSA) is 68.5 Å². The van der Waals surface area contributed by atoms with E-state index in [4.69, 9.17) is 4.74 Å². The lowest BCUT2D eigenvalue weighted by molar-refractivity contribution is -0.385. The first kappa shape index (κ1) is 13.3. The molecule has 0 amide bonds. The summed E-state index contributed by atoms with van der Waals surface area (Å²) in [6.07, 6.45) is 3.46. The van der Waals surface area contributed by atoms with Gasteiger partial charge in [0, 0.05) is 31.2 Å². The third-order valence-electron chi connectivity index (χ3n) is 4.00. The maximum absolute atomic E-state index is 10.9. The van der Waals surface area contributed by atoms with Gasteiger partial charge in [-0.3, -0.25) is 10.1 Å². The van der Waals surface area contributed by atoms with Crippen molar-refractivity contribution < 1.29 is 9.66 Å². The molecule has 108 valence electrons. The van der Waals surface area contributed by atoms with E-state index >= 15 is 0 Å². The lowest BCUT2D eigenvalue weighted by Crippen LogP contribution is -2.32. The molecule has 1 aromatic heterocycles. The number of ether oxygens (including phenoxy) is 1. The number of hydrogen-bond acceptors (Lipinski definition) is 5. The van der Waals surface area contributed by atoms with Crippen molar-refractivity contribution in [2.24, 2.45) is 5.92 Å². The van der Waals surface area contributed by atoms with Crippen LogP contribution in [0.4, 0.5) is 11.5 Å². The van der Waals surface area contributed by atoms with Gasteiger partial charge in [-0.1, -0.05) is 0 Å². The standard InChI is InChI=1S/C14H19N3O3/c1-10-13(17(18)19)4-5-14(15-10)16(12-2-3-12)8-11-6-7-20-9-11/h4-5,11-12H,2-3,6-9H2,1H3. The molecule has 1 aliphatic heterocycles. The van der Waals surface area contributed by atoms with Crippen molar-refractivity contribution in [2.45, 2.75) is 32.2 Å². The molecule has 1 unspecified atom stereocenters. The van der Waals surface area contributed by atoms with Crippen LogP contribution in [0, 0.1) is 23.0 Å². The second-order valence-corrected chi connectivity index (χ2v) is 5.64. The van der Waals surface area contributed by atoms with Crippen LogP contribution in [0.1, 0.15) is 25.0 Å². The molecule has 20 heavy (non-hydrogen) atoms. The van der Waals surface area contributed by atoms with E-state index in [0.29, 0.717) is 17.7 Å². The Hall–Kier alpha value is -1.69. The summed E-state index contributed by atoms with van der Waals surface area (Å²) < 4.78 is 5.43. The molecule has 6 nitrogen and oxygen atoms in total. The molecular formula is C14H19N3O3. The fraction of sp³-hybridized carbons (Fsp3) is 0.643. The van der Waals surface area contributed by atoms with E-state index in [0.717, 1.165) is 32.0 Å². The van der Waals surface area contributed by atoms with Crippen LogP contribution in [0.2, 0.25) is 0 Å². The molecule has 1 aliphatic carbocycles. The van der Waals surface area contributed by atoms with E-state index < -0.39 is 0 Å². The maximum Gasteiger partial charge on any atom is 0.290 e. The predicted molar refractivity (Wildman–Crippen MR) is 74.9 cm³/mol. The van der Waals surface area contributed by atoms with Gasteiger partial charge in [0.25, 0.3) is 5.69 Å². The Bertz CT molecular complexity index is 510. The fourth-order valence-corrected chi connectivity index (χ4v) is 2.71. The number of anilines is 1. The van der Waals surface area contributed by atoms with Crippen LogP contribution in [0.3, 0.4) is 0 Å². The van der Waals surface area contributed by atoms with Crippen molar-refractivity contribution in [2.75, 3.05) is 24.7 Å². The van der Waals surface area contributed by atoms with Crippen LogP contribution in [0.5, 0.6) is 0 Å². The van der Waals surface area contributed by atoms with Crippen molar-refractivity contribution in [1.82, 2.24) is 4.98 Å². The zero-order chi connectivity index (χ0) is 14.1. The molecule has 0 radical (unpaired) electrons. The Kier molecular flexibility index (Phi) is 3.56. The minimum atomic E-state index is -0.377. The van der Waals surface area contributed by atoms with Gasteiger partial charge in [-0.15, -0.1) is 0 Å². The Morgan fingerprint density at radius 1 is 1.45 bits per heavy atom. The molecule has 2 fully saturated rings. The number of rotatable bonds is 5. The maximum atomic E-state index is 10.9. The smallest absolute Gasteiger partial charge is 0.290 e. The van der Waals surface area contributed by atoms with E-state index in [1.54, 1.807) is 19.1 Å². The predicted octanol–water partition coefficient (Wildman–Crippen LogP) is 2.30. The van der Waals surface area contributed by atoms with Gasteiger partial charge in [-0.25, -0.2) is 4.98 Å². The molecule has 3 rings (SSSR count). The molecule has 6 heteroatoms. The highest BCUT2D eigenvalue weighted by molar-refractivity contribution is 5.48. The second kappa shape index (κ2) is 5.36. The first-order valence-electron chi connectivity index (χ1n) is 7.11. The molecule has 0 bridgehead atoms. The van der Waals surface area contributed by atoms with Crippen molar-refractivity contribution in [3.05, 3.63) is 27.9 Å². The molecule has 0 spiro atoms. The number of pyridine rings is 1. The Balaban J connectivity index is 1.80. The number of nitro groups is 1. The molecule has 2 aliphatic rings. The summed E-state index contributed by atoms with van der Waals surface area (Å²) >= 11 is 0. The van der Waals surface area contributed by atoms with E-state index in [1.165, 1.54) is 12.8 Å². The average Bonchev–Trinajstić information content (AvgIpc) is 3.12. The van der Waals surface area contributed by atoms with Crippen LogP contribution in [-0.2, 0) is 4.74 Å². The van der Waals surface area contributed by atoms with Crippen LogP contribution in [0.15, 0.2) is 12.1 Å². The number of hydrogen-bond donors (Lipinski definition) is 0. The van der Waals surface area contributed by atoms with Gasteiger partial charge in [0.2, 0.25) is 0 Å². The summed E-state index contributed by atoms with van der Waals surface area (Å²) in [4.78, 5) is 17.2. The molecule has 1 saturated heterocycles. The molecular weight excluding hydrogens is 258 g/mol. The molecule has 1 aromatic rings. The Morgan fingerprint density at radius 3 is 2.80 bits per heavy atom. The van der Waals surface area contributed by atoms with Gasteiger partial charge >= 0.3 is 0 Å². The average molecular weight is 277 g/mol. The van der Waals surface area contributed by atoms with Crippen molar-refractivity contribution >= 4 is 11.5 Å². The lowest BCUT2D eigenvalue weighted by atomic mass is 10.1. The van der Waals surface area contributed by atoms with Crippen molar-refractivity contribution in [3.8, 4) is 0 Å². The minimum Gasteiger partial charge on any atom is -0.381 e. The van der Waals surface area contributed by atoms with Gasteiger partial charge in [-0.2, -0.15) is 0 Å². The summed E-state index contributed by atoms with van der Waals surface area (Å²) in [6, 6.07) is 3.89. The van der Waals surface area contributed by atoms with Crippen LogP contribution < -0.4 is 4.90 Å². The monoisotopic (exact) mass is 277 g/mol. The summed E-state index contributed by atoms with van der Waals surface area (Å²) in [5.74, 6) is 1.41.